The molecule has 1 N–H and O–H groups in total. The number of hydrogen-bond acceptors (Lipinski definition) is 5. The van der Waals surface area contributed by atoms with Crippen LogP contribution in [-0.2, 0) is 6.54 Å². The Morgan fingerprint density at radius 2 is 2.04 bits per heavy atom. The minimum atomic E-state index is -0.181. The molecule has 1 aromatic heterocycles. The average Bonchev–Trinajstić information content (AvgIpc) is 2.59. The van der Waals surface area contributed by atoms with Crippen LogP contribution in [0.2, 0.25) is 0 Å². The monoisotopic (exact) mass is 372 g/mol. The van der Waals surface area contributed by atoms with Crippen molar-refractivity contribution in [1.82, 2.24) is 14.9 Å². The lowest BCUT2D eigenvalue weighted by Gasteiger charge is -2.14. The smallest absolute Gasteiger partial charge is 0.262 e. The molecule has 7 heteroatoms. The van der Waals surface area contributed by atoms with Crippen LogP contribution in [0.25, 0.3) is 10.9 Å². The molecule has 1 heterocycles. The molecule has 0 saturated heterocycles. The van der Waals surface area contributed by atoms with Gasteiger partial charge in [-0.15, -0.1) is 0 Å². The van der Waals surface area contributed by atoms with Gasteiger partial charge in [0.05, 0.1) is 22.7 Å². The third kappa shape index (κ3) is 4.85. The zero-order valence-electron chi connectivity index (χ0n) is 15.6. The lowest BCUT2D eigenvalue weighted by molar-refractivity contribution is 0.0949. The van der Waals surface area contributed by atoms with E-state index in [2.05, 4.69) is 16.4 Å². The molecule has 6 nitrogen and oxygen atoms in total. The van der Waals surface area contributed by atoms with Gasteiger partial charge in [0, 0.05) is 18.7 Å². The van der Waals surface area contributed by atoms with Crippen molar-refractivity contribution in [3.05, 3.63) is 34.1 Å². The molecule has 0 fully saturated rings. The molecule has 26 heavy (non-hydrogen) atoms. The van der Waals surface area contributed by atoms with E-state index >= 15 is 0 Å². The maximum absolute atomic E-state index is 12.9. The Hall–Kier alpha value is -2.33. The normalized spacial score (nSPS) is 11.1. The van der Waals surface area contributed by atoms with Crippen LogP contribution >= 0.6 is 11.8 Å². The molecule has 0 spiro atoms. The second-order valence-corrected chi connectivity index (χ2v) is 7.93. The van der Waals surface area contributed by atoms with Crippen molar-refractivity contribution < 1.29 is 4.79 Å². The summed E-state index contributed by atoms with van der Waals surface area (Å²) in [5.74, 6) is 0.661. The second-order valence-electron chi connectivity index (χ2n) is 6.99. The SMILES string of the molecule is CC(C)CNC(=O)c1ccc2c(=O)n(CC(C)C)c(SCC#N)nc2c1. The molecule has 0 saturated carbocycles. The summed E-state index contributed by atoms with van der Waals surface area (Å²) in [7, 11) is 0. The first-order valence-corrected chi connectivity index (χ1v) is 9.64. The highest BCUT2D eigenvalue weighted by Gasteiger charge is 2.15. The molecule has 0 aliphatic carbocycles. The first kappa shape index (κ1) is 20.0. The fraction of sp³-hybridized carbons (Fsp3) is 0.474. The van der Waals surface area contributed by atoms with E-state index in [4.69, 9.17) is 5.26 Å². The molecule has 1 amide bonds. The lowest BCUT2D eigenvalue weighted by Crippen LogP contribution is -2.28. The van der Waals surface area contributed by atoms with Crippen LogP contribution in [-0.4, -0.2) is 27.8 Å². The molecule has 0 bridgehead atoms. The van der Waals surface area contributed by atoms with Crippen LogP contribution in [0.5, 0.6) is 0 Å². The summed E-state index contributed by atoms with van der Waals surface area (Å²) in [6.45, 7) is 9.22. The third-order valence-corrected chi connectivity index (χ3v) is 4.51. The standard InChI is InChI=1S/C19H24N4O2S/c1-12(2)10-21-17(24)14-5-6-15-16(9-14)22-19(26-8-7-20)23(18(15)25)11-13(3)4/h5-6,9,12-13H,8,10-11H2,1-4H3,(H,21,24). The molecule has 2 aromatic rings. The summed E-state index contributed by atoms with van der Waals surface area (Å²) in [4.78, 5) is 29.7. The highest BCUT2D eigenvalue weighted by molar-refractivity contribution is 7.99. The highest BCUT2D eigenvalue weighted by atomic mass is 32.2. The molecule has 2 rings (SSSR count). The number of benzene rings is 1. The maximum Gasteiger partial charge on any atom is 0.262 e. The van der Waals surface area contributed by atoms with Gasteiger partial charge in [0.25, 0.3) is 11.5 Å². The van der Waals surface area contributed by atoms with Crippen molar-refractivity contribution in [1.29, 1.82) is 5.26 Å². The van der Waals surface area contributed by atoms with E-state index in [1.54, 1.807) is 22.8 Å². The number of thioether (sulfide) groups is 1. The fourth-order valence-corrected chi connectivity index (χ4v) is 3.14. The number of carbonyl (C=O) groups is 1. The summed E-state index contributed by atoms with van der Waals surface area (Å²) >= 11 is 1.24. The lowest BCUT2D eigenvalue weighted by atomic mass is 10.1. The molecule has 0 radical (unpaired) electrons. The van der Waals surface area contributed by atoms with E-state index in [-0.39, 0.29) is 23.1 Å². The highest BCUT2D eigenvalue weighted by Crippen LogP contribution is 2.19. The number of nitriles is 1. The Morgan fingerprint density at radius 3 is 2.65 bits per heavy atom. The van der Waals surface area contributed by atoms with Gasteiger partial charge in [-0.05, 0) is 30.0 Å². The van der Waals surface area contributed by atoms with Gasteiger partial charge >= 0.3 is 0 Å². The van der Waals surface area contributed by atoms with Gasteiger partial charge in [-0.1, -0.05) is 39.5 Å². The van der Waals surface area contributed by atoms with Gasteiger partial charge in [0.1, 0.15) is 0 Å². The van der Waals surface area contributed by atoms with Gasteiger partial charge in [0.2, 0.25) is 0 Å². The minimum absolute atomic E-state index is 0.140. The van der Waals surface area contributed by atoms with Gasteiger partial charge in [-0.3, -0.25) is 14.2 Å². The number of hydrogen-bond donors (Lipinski definition) is 1. The van der Waals surface area contributed by atoms with Crippen LogP contribution in [0.1, 0.15) is 38.1 Å². The van der Waals surface area contributed by atoms with Crippen molar-refractivity contribution in [2.24, 2.45) is 11.8 Å². The summed E-state index contributed by atoms with van der Waals surface area (Å²) in [5, 5.41) is 12.7. The van der Waals surface area contributed by atoms with Crippen LogP contribution in [0.4, 0.5) is 0 Å². The predicted molar refractivity (Wildman–Crippen MR) is 104 cm³/mol. The molecule has 1 aromatic carbocycles. The number of nitrogens with zero attached hydrogens (tertiary/aromatic N) is 3. The molecular weight excluding hydrogens is 348 g/mol. The van der Waals surface area contributed by atoms with Crippen molar-refractivity contribution in [3.8, 4) is 6.07 Å². The zero-order valence-corrected chi connectivity index (χ0v) is 16.4. The van der Waals surface area contributed by atoms with Gasteiger partial charge in [-0.25, -0.2) is 4.98 Å². The van der Waals surface area contributed by atoms with E-state index in [0.717, 1.165) is 0 Å². The average molecular weight is 372 g/mol. The van der Waals surface area contributed by atoms with Gasteiger partial charge < -0.3 is 5.32 Å². The summed E-state index contributed by atoms with van der Waals surface area (Å²) in [6.07, 6.45) is 0. The Labute approximate surface area is 157 Å². The summed E-state index contributed by atoms with van der Waals surface area (Å²) in [5.41, 5.74) is 0.814. The number of carbonyl (C=O) groups excluding carboxylic acids is 1. The number of amides is 1. The third-order valence-electron chi connectivity index (χ3n) is 3.67. The topological polar surface area (TPSA) is 87.8 Å². The maximum atomic E-state index is 12.9. The van der Waals surface area contributed by atoms with E-state index in [0.29, 0.717) is 40.6 Å². The Kier molecular flexibility index (Phi) is 6.81. The number of aromatic nitrogens is 2. The van der Waals surface area contributed by atoms with Crippen LogP contribution in [0.15, 0.2) is 28.2 Å². The van der Waals surface area contributed by atoms with E-state index in [9.17, 15) is 9.59 Å². The Balaban J connectivity index is 2.49. The number of nitrogens with one attached hydrogen (secondary N) is 1. The molecule has 0 aliphatic heterocycles. The minimum Gasteiger partial charge on any atom is -0.352 e. The van der Waals surface area contributed by atoms with Crippen LogP contribution in [0.3, 0.4) is 0 Å². The molecule has 138 valence electrons. The first-order valence-electron chi connectivity index (χ1n) is 8.66. The molecular formula is C19H24N4O2S. The number of rotatable bonds is 7. The predicted octanol–water partition coefficient (Wildman–Crippen LogP) is 3.05. The van der Waals surface area contributed by atoms with Crippen LogP contribution in [0, 0.1) is 23.2 Å². The van der Waals surface area contributed by atoms with Gasteiger partial charge in [0.15, 0.2) is 5.16 Å². The quantitative estimate of drug-likeness (QED) is 0.596. The fourth-order valence-electron chi connectivity index (χ4n) is 2.47. The summed E-state index contributed by atoms with van der Waals surface area (Å²) in [6, 6.07) is 7.02. The Bertz CT molecular complexity index is 897. The van der Waals surface area contributed by atoms with Crippen molar-refractivity contribution >= 4 is 28.6 Å². The molecule has 0 aliphatic rings. The van der Waals surface area contributed by atoms with Gasteiger partial charge in [-0.2, -0.15) is 5.26 Å². The Morgan fingerprint density at radius 1 is 1.31 bits per heavy atom. The van der Waals surface area contributed by atoms with Crippen LogP contribution < -0.4 is 10.9 Å². The largest absolute Gasteiger partial charge is 0.352 e. The van der Waals surface area contributed by atoms with Crippen molar-refractivity contribution in [2.75, 3.05) is 12.3 Å². The molecule has 0 atom stereocenters. The van der Waals surface area contributed by atoms with E-state index in [1.165, 1.54) is 11.8 Å². The second kappa shape index (κ2) is 8.86. The first-order chi connectivity index (χ1) is 12.3. The van der Waals surface area contributed by atoms with E-state index < -0.39 is 0 Å². The van der Waals surface area contributed by atoms with Crippen molar-refractivity contribution in [3.63, 3.8) is 0 Å². The molecule has 0 unspecified atom stereocenters. The number of fused-ring (bicyclic) bond motifs is 1. The van der Waals surface area contributed by atoms with Crippen molar-refractivity contribution in [2.45, 2.75) is 39.4 Å². The summed E-state index contributed by atoms with van der Waals surface area (Å²) < 4.78 is 1.62. The van der Waals surface area contributed by atoms with E-state index in [1.807, 2.05) is 27.7 Å². The zero-order chi connectivity index (χ0) is 19.3.